The highest BCUT2D eigenvalue weighted by Gasteiger charge is 2.19. The van der Waals surface area contributed by atoms with Crippen LogP contribution in [0.4, 0.5) is 5.69 Å². The lowest BCUT2D eigenvalue weighted by Crippen LogP contribution is -2.46. The van der Waals surface area contributed by atoms with Crippen LogP contribution in [-0.2, 0) is 0 Å². The molecular weight excluding hydrogens is 364 g/mol. The Labute approximate surface area is 164 Å². The van der Waals surface area contributed by atoms with Crippen molar-refractivity contribution in [3.05, 3.63) is 41.3 Å². The van der Waals surface area contributed by atoms with Gasteiger partial charge in [0.15, 0.2) is 5.78 Å². The topological polar surface area (TPSA) is 32.8 Å². The highest BCUT2D eigenvalue weighted by atomic mass is 32.2. The van der Waals surface area contributed by atoms with Gasteiger partial charge in [-0.25, -0.2) is 0 Å². The molecule has 2 heterocycles. The Hall–Kier alpha value is -1.50. The van der Waals surface area contributed by atoms with E-state index in [0.29, 0.717) is 0 Å². The van der Waals surface area contributed by atoms with Gasteiger partial charge < -0.3 is 9.64 Å². The summed E-state index contributed by atoms with van der Waals surface area (Å²) in [4.78, 5) is 17.2. The van der Waals surface area contributed by atoms with E-state index in [0.717, 1.165) is 49.1 Å². The number of nitrogens with zero attached hydrogens (tertiary/aromatic N) is 2. The van der Waals surface area contributed by atoms with Gasteiger partial charge >= 0.3 is 0 Å². The summed E-state index contributed by atoms with van der Waals surface area (Å²) in [5.41, 5.74) is 1.20. The maximum atomic E-state index is 11.3. The van der Waals surface area contributed by atoms with Gasteiger partial charge in [0.2, 0.25) is 0 Å². The number of carbonyl (C=O) groups is 1. The number of piperazine rings is 1. The molecular formula is C20H26N2O2S2. The quantitative estimate of drug-likeness (QED) is 0.382. The number of methoxy groups -OCH3 is 1. The SMILES string of the molecule is COc1ccccc1N1CCN(CCCSc2ccc(C(C)=O)s2)CC1. The first-order chi connectivity index (χ1) is 12.7. The average Bonchev–Trinajstić information content (AvgIpc) is 3.15. The summed E-state index contributed by atoms with van der Waals surface area (Å²) in [6.07, 6.45) is 1.17. The molecule has 1 fully saturated rings. The lowest BCUT2D eigenvalue weighted by atomic mass is 10.2. The van der Waals surface area contributed by atoms with E-state index in [4.69, 9.17) is 4.74 Å². The highest BCUT2D eigenvalue weighted by Crippen LogP contribution is 2.29. The van der Waals surface area contributed by atoms with Crippen molar-refractivity contribution in [1.82, 2.24) is 4.90 Å². The number of thiophene rings is 1. The van der Waals surface area contributed by atoms with Crippen molar-refractivity contribution in [3.63, 3.8) is 0 Å². The Bertz CT molecular complexity index is 724. The number of ether oxygens (including phenoxy) is 1. The Balaban J connectivity index is 1.38. The van der Waals surface area contributed by atoms with Crippen LogP contribution < -0.4 is 9.64 Å². The summed E-state index contributed by atoms with van der Waals surface area (Å²) >= 11 is 3.47. The second-order valence-corrected chi connectivity index (χ2v) is 8.86. The van der Waals surface area contributed by atoms with Crippen molar-refractivity contribution in [2.45, 2.75) is 17.6 Å². The normalized spacial score (nSPS) is 15.2. The fraction of sp³-hybridized carbons (Fsp3) is 0.450. The molecule has 0 atom stereocenters. The van der Waals surface area contributed by atoms with Crippen LogP contribution >= 0.6 is 23.1 Å². The van der Waals surface area contributed by atoms with Crippen LogP contribution in [0.5, 0.6) is 5.75 Å². The van der Waals surface area contributed by atoms with Crippen molar-refractivity contribution < 1.29 is 9.53 Å². The number of rotatable bonds is 8. The van der Waals surface area contributed by atoms with Gasteiger partial charge in [0.25, 0.3) is 0 Å². The van der Waals surface area contributed by atoms with Crippen LogP contribution in [0.1, 0.15) is 23.0 Å². The van der Waals surface area contributed by atoms with E-state index in [2.05, 4.69) is 28.0 Å². The summed E-state index contributed by atoms with van der Waals surface area (Å²) < 4.78 is 6.73. The molecule has 2 aromatic rings. The number of Topliss-reactive ketones (excluding diaryl/α,β-unsaturated/α-hetero) is 1. The predicted octanol–water partition coefficient (Wildman–Crippen LogP) is 4.26. The number of hydrogen-bond acceptors (Lipinski definition) is 6. The van der Waals surface area contributed by atoms with Crippen molar-refractivity contribution in [3.8, 4) is 5.75 Å². The lowest BCUT2D eigenvalue weighted by Gasteiger charge is -2.36. The molecule has 1 saturated heterocycles. The molecule has 1 aliphatic rings. The molecule has 4 nitrogen and oxygen atoms in total. The van der Waals surface area contributed by atoms with Crippen molar-refractivity contribution in [2.75, 3.05) is 50.5 Å². The van der Waals surface area contributed by atoms with Crippen molar-refractivity contribution >= 4 is 34.6 Å². The minimum Gasteiger partial charge on any atom is -0.495 e. The minimum atomic E-state index is 0.162. The second kappa shape index (κ2) is 9.44. The van der Waals surface area contributed by atoms with Crippen LogP contribution in [-0.4, -0.2) is 56.3 Å². The maximum Gasteiger partial charge on any atom is 0.169 e. The first-order valence-corrected chi connectivity index (χ1v) is 10.8. The minimum absolute atomic E-state index is 0.162. The van der Waals surface area contributed by atoms with Crippen molar-refractivity contribution in [2.24, 2.45) is 0 Å². The summed E-state index contributed by atoms with van der Waals surface area (Å²) in [6.45, 7) is 7.04. The molecule has 0 N–H and O–H groups in total. The van der Waals surface area contributed by atoms with Crippen LogP contribution in [0.3, 0.4) is 0 Å². The van der Waals surface area contributed by atoms with Gasteiger partial charge in [-0.3, -0.25) is 9.69 Å². The number of thioether (sulfide) groups is 1. The number of anilines is 1. The largest absolute Gasteiger partial charge is 0.495 e. The second-order valence-electron chi connectivity index (χ2n) is 6.38. The molecule has 0 spiro atoms. The van der Waals surface area contributed by atoms with E-state index in [1.165, 1.54) is 16.3 Å². The summed E-state index contributed by atoms with van der Waals surface area (Å²) in [5, 5.41) is 0. The Morgan fingerprint density at radius 1 is 1.15 bits per heavy atom. The average molecular weight is 391 g/mol. The first kappa shape index (κ1) is 19.3. The summed E-state index contributed by atoms with van der Waals surface area (Å²) in [7, 11) is 1.74. The van der Waals surface area contributed by atoms with Crippen LogP contribution in [0, 0.1) is 0 Å². The molecule has 3 rings (SSSR count). The number of carbonyl (C=O) groups excluding carboxylic acids is 1. The van der Waals surface area contributed by atoms with Gasteiger partial charge in [-0.15, -0.1) is 23.1 Å². The van der Waals surface area contributed by atoms with Gasteiger partial charge in [-0.2, -0.15) is 0 Å². The van der Waals surface area contributed by atoms with E-state index in [1.807, 2.05) is 30.0 Å². The van der Waals surface area contributed by atoms with Crippen LogP contribution in [0.25, 0.3) is 0 Å². The molecule has 0 unspecified atom stereocenters. The van der Waals surface area contributed by atoms with E-state index < -0.39 is 0 Å². The molecule has 140 valence electrons. The fourth-order valence-corrected chi connectivity index (χ4v) is 5.18. The molecule has 6 heteroatoms. The summed E-state index contributed by atoms with van der Waals surface area (Å²) in [6, 6.07) is 12.3. The Morgan fingerprint density at radius 2 is 1.92 bits per heavy atom. The molecule has 26 heavy (non-hydrogen) atoms. The Morgan fingerprint density at radius 3 is 2.62 bits per heavy atom. The van der Waals surface area contributed by atoms with Gasteiger partial charge in [-0.05, 0) is 44.2 Å². The predicted molar refractivity (Wildman–Crippen MR) is 111 cm³/mol. The third kappa shape index (κ3) is 5.02. The molecule has 1 aromatic carbocycles. The smallest absolute Gasteiger partial charge is 0.169 e. The zero-order valence-electron chi connectivity index (χ0n) is 15.4. The monoisotopic (exact) mass is 390 g/mol. The van der Waals surface area contributed by atoms with E-state index in [9.17, 15) is 4.79 Å². The number of hydrogen-bond donors (Lipinski definition) is 0. The molecule has 0 saturated carbocycles. The number of benzene rings is 1. The van der Waals surface area contributed by atoms with Crippen molar-refractivity contribution in [1.29, 1.82) is 0 Å². The standard InChI is InChI=1S/C20H26N2O2S2/c1-16(23)19-8-9-20(26-19)25-15-5-10-21-11-13-22(14-12-21)17-6-3-4-7-18(17)24-2/h3-4,6-9H,5,10-15H2,1-2H3. The molecule has 1 aromatic heterocycles. The highest BCUT2D eigenvalue weighted by molar-refractivity contribution is 8.01. The zero-order chi connectivity index (χ0) is 18.4. The van der Waals surface area contributed by atoms with Crippen LogP contribution in [0.2, 0.25) is 0 Å². The van der Waals surface area contributed by atoms with E-state index in [-0.39, 0.29) is 5.78 Å². The van der Waals surface area contributed by atoms with Gasteiger partial charge in [0, 0.05) is 31.9 Å². The maximum absolute atomic E-state index is 11.3. The van der Waals surface area contributed by atoms with Gasteiger partial charge in [-0.1, -0.05) is 12.1 Å². The van der Waals surface area contributed by atoms with E-state index >= 15 is 0 Å². The fourth-order valence-electron chi connectivity index (χ4n) is 3.15. The third-order valence-corrected chi connectivity index (χ3v) is 7.09. The van der Waals surface area contributed by atoms with Gasteiger partial charge in [0.05, 0.1) is 21.9 Å². The van der Waals surface area contributed by atoms with Crippen LogP contribution in [0.15, 0.2) is 40.6 Å². The number of para-hydroxylation sites is 2. The number of ketones is 1. The molecule has 0 amide bonds. The molecule has 0 aliphatic carbocycles. The molecule has 0 bridgehead atoms. The zero-order valence-corrected chi connectivity index (χ0v) is 17.1. The summed E-state index contributed by atoms with van der Waals surface area (Å²) in [5.74, 6) is 2.22. The lowest BCUT2D eigenvalue weighted by molar-refractivity contribution is 0.102. The first-order valence-electron chi connectivity index (χ1n) is 9.01. The Kier molecular flexibility index (Phi) is 7.00. The molecule has 0 radical (unpaired) electrons. The molecule has 1 aliphatic heterocycles. The van der Waals surface area contributed by atoms with E-state index in [1.54, 1.807) is 25.4 Å². The van der Waals surface area contributed by atoms with Gasteiger partial charge in [0.1, 0.15) is 5.75 Å². The third-order valence-electron chi connectivity index (χ3n) is 4.59.